The molecule has 3 rings (SSSR count). The van der Waals surface area contributed by atoms with Crippen molar-refractivity contribution in [3.63, 3.8) is 0 Å². The largest absolute Gasteiger partial charge is 0.507 e. The van der Waals surface area contributed by atoms with E-state index in [0.717, 1.165) is 43.1 Å². The number of benzene rings is 1. The highest BCUT2D eigenvalue weighted by Gasteiger charge is 2.12. The summed E-state index contributed by atoms with van der Waals surface area (Å²) < 4.78 is 0. The van der Waals surface area contributed by atoms with Crippen LogP contribution in [0.15, 0.2) is 42.6 Å². The maximum Gasteiger partial charge on any atom is 0.124 e. The molecule has 2 N–H and O–H groups in total. The van der Waals surface area contributed by atoms with Gasteiger partial charge in [0.1, 0.15) is 5.75 Å². The Morgan fingerprint density at radius 3 is 2.68 bits per heavy atom. The molecule has 1 fully saturated rings. The molecule has 1 aromatic carbocycles. The Balaban J connectivity index is 1.93. The van der Waals surface area contributed by atoms with Crippen molar-refractivity contribution in [1.82, 2.24) is 10.3 Å². The number of nitrogens with one attached hydrogen (secondary N) is 1. The van der Waals surface area contributed by atoms with Crippen molar-refractivity contribution in [2.45, 2.75) is 0 Å². The smallest absolute Gasteiger partial charge is 0.124 e. The van der Waals surface area contributed by atoms with Crippen LogP contribution >= 0.6 is 0 Å². The molecule has 0 amide bonds. The zero-order valence-corrected chi connectivity index (χ0v) is 10.7. The first-order valence-corrected chi connectivity index (χ1v) is 6.55. The number of pyridine rings is 1. The number of aromatic hydroxyl groups is 1. The van der Waals surface area contributed by atoms with E-state index in [1.165, 1.54) is 0 Å². The molecule has 1 saturated heterocycles. The molecule has 4 heteroatoms. The Morgan fingerprint density at radius 1 is 1.11 bits per heavy atom. The summed E-state index contributed by atoms with van der Waals surface area (Å²) in [7, 11) is 0. The lowest BCUT2D eigenvalue weighted by Crippen LogP contribution is -2.43. The normalized spacial score (nSPS) is 15.5. The fourth-order valence-corrected chi connectivity index (χ4v) is 2.38. The third kappa shape index (κ3) is 2.53. The quantitative estimate of drug-likeness (QED) is 0.860. The maximum atomic E-state index is 9.90. The fourth-order valence-electron chi connectivity index (χ4n) is 2.38. The number of rotatable bonds is 2. The molecule has 1 aliphatic rings. The number of phenolic OH excluding ortho intramolecular Hbond substituents is 1. The number of hydrogen-bond acceptors (Lipinski definition) is 4. The summed E-state index contributed by atoms with van der Waals surface area (Å²) in [6, 6.07) is 11.4. The van der Waals surface area contributed by atoms with Crippen molar-refractivity contribution in [3.8, 4) is 17.0 Å². The van der Waals surface area contributed by atoms with Crippen molar-refractivity contribution in [2.75, 3.05) is 31.1 Å². The molecular weight excluding hydrogens is 238 g/mol. The molecule has 0 spiro atoms. The van der Waals surface area contributed by atoms with E-state index in [9.17, 15) is 5.11 Å². The van der Waals surface area contributed by atoms with Gasteiger partial charge in [0.2, 0.25) is 0 Å². The minimum atomic E-state index is 0.271. The summed E-state index contributed by atoms with van der Waals surface area (Å²) in [5.74, 6) is 0.271. The minimum absolute atomic E-state index is 0.271. The number of para-hydroxylation sites is 1. The number of piperazine rings is 1. The van der Waals surface area contributed by atoms with Crippen LogP contribution in [0.3, 0.4) is 0 Å². The minimum Gasteiger partial charge on any atom is -0.507 e. The molecule has 19 heavy (non-hydrogen) atoms. The van der Waals surface area contributed by atoms with Gasteiger partial charge >= 0.3 is 0 Å². The first-order valence-electron chi connectivity index (χ1n) is 6.55. The van der Waals surface area contributed by atoms with Crippen molar-refractivity contribution in [2.24, 2.45) is 0 Å². The maximum absolute atomic E-state index is 9.90. The third-order valence-electron chi connectivity index (χ3n) is 3.41. The van der Waals surface area contributed by atoms with Crippen molar-refractivity contribution in [3.05, 3.63) is 42.6 Å². The van der Waals surface area contributed by atoms with Gasteiger partial charge < -0.3 is 15.3 Å². The molecule has 2 aromatic rings. The summed E-state index contributed by atoms with van der Waals surface area (Å²) in [4.78, 5) is 6.70. The van der Waals surface area contributed by atoms with Gasteiger partial charge in [-0.3, -0.25) is 4.98 Å². The van der Waals surface area contributed by atoms with Gasteiger partial charge in [-0.15, -0.1) is 0 Å². The molecule has 0 aliphatic carbocycles. The molecule has 0 atom stereocenters. The molecule has 0 saturated carbocycles. The number of phenols is 1. The Hall–Kier alpha value is -2.07. The van der Waals surface area contributed by atoms with Crippen LogP contribution in [0.2, 0.25) is 0 Å². The molecule has 0 bridgehead atoms. The van der Waals surface area contributed by atoms with Crippen molar-refractivity contribution in [1.29, 1.82) is 0 Å². The van der Waals surface area contributed by atoms with E-state index in [4.69, 9.17) is 0 Å². The van der Waals surface area contributed by atoms with Gasteiger partial charge in [0.05, 0.1) is 5.69 Å². The van der Waals surface area contributed by atoms with E-state index in [2.05, 4.69) is 15.2 Å². The average molecular weight is 255 g/mol. The Kier molecular flexibility index (Phi) is 3.33. The highest BCUT2D eigenvalue weighted by Crippen LogP contribution is 2.29. The Labute approximate surface area is 112 Å². The predicted molar refractivity (Wildman–Crippen MR) is 76.4 cm³/mol. The molecule has 1 aliphatic heterocycles. The standard InChI is InChI=1S/C15H17N3O/c19-15-4-2-1-3-13(15)14-11-12(5-6-17-14)18-9-7-16-8-10-18/h1-6,11,16,19H,7-10H2. The van der Waals surface area contributed by atoms with E-state index in [-0.39, 0.29) is 5.75 Å². The van der Waals surface area contributed by atoms with Crippen LogP contribution < -0.4 is 10.2 Å². The molecule has 0 radical (unpaired) electrons. The van der Waals surface area contributed by atoms with Crippen LogP contribution in [-0.2, 0) is 0 Å². The zero-order chi connectivity index (χ0) is 13.1. The first-order chi connectivity index (χ1) is 9.34. The summed E-state index contributed by atoms with van der Waals surface area (Å²) in [6.07, 6.45) is 1.80. The van der Waals surface area contributed by atoms with Gasteiger partial charge in [0.25, 0.3) is 0 Å². The van der Waals surface area contributed by atoms with Gasteiger partial charge in [-0.05, 0) is 24.3 Å². The van der Waals surface area contributed by atoms with E-state index in [1.807, 2.05) is 30.3 Å². The Bertz CT molecular complexity index is 565. The van der Waals surface area contributed by atoms with Crippen molar-refractivity contribution >= 4 is 5.69 Å². The number of anilines is 1. The third-order valence-corrected chi connectivity index (χ3v) is 3.41. The summed E-state index contributed by atoms with van der Waals surface area (Å²) in [5, 5.41) is 13.2. The van der Waals surface area contributed by atoms with Crippen LogP contribution in [0.5, 0.6) is 5.75 Å². The summed E-state index contributed by atoms with van der Waals surface area (Å²) in [5.41, 5.74) is 2.75. The highest BCUT2D eigenvalue weighted by atomic mass is 16.3. The summed E-state index contributed by atoms with van der Waals surface area (Å²) >= 11 is 0. The lowest BCUT2D eigenvalue weighted by molar-refractivity contribution is 0.477. The zero-order valence-electron chi connectivity index (χ0n) is 10.7. The number of nitrogens with zero attached hydrogens (tertiary/aromatic N) is 2. The van der Waals surface area contributed by atoms with E-state index in [1.54, 1.807) is 12.3 Å². The van der Waals surface area contributed by atoms with E-state index in [0.29, 0.717) is 0 Å². The van der Waals surface area contributed by atoms with E-state index >= 15 is 0 Å². The molecule has 98 valence electrons. The van der Waals surface area contributed by atoms with E-state index < -0.39 is 0 Å². The predicted octanol–water partition coefficient (Wildman–Crippen LogP) is 1.86. The van der Waals surface area contributed by atoms with Gasteiger partial charge in [0.15, 0.2) is 0 Å². The molecular formula is C15H17N3O. The molecule has 0 unspecified atom stereocenters. The lowest BCUT2D eigenvalue weighted by Gasteiger charge is -2.29. The number of hydrogen-bond donors (Lipinski definition) is 2. The van der Waals surface area contributed by atoms with Crippen LogP contribution in [0.1, 0.15) is 0 Å². The van der Waals surface area contributed by atoms with Crippen molar-refractivity contribution < 1.29 is 5.11 Å². The van der Waals surface area contributed by atoms with Gasteiger partial charge in [-0.1, -0.05) is 12.1 Å². The molecule has 1 aromatic heterocycles. The van der Waals surface area contributed by atoms with Crippen LogP contribution in [-0.4, -0.2) is 36.3 Å². The number of aromatic nitrogens is 1. The SMILES string of the molecule is Oc1ccccc1-c1cc(N2CCNCC2)ccn1. The highest BCUT2D eigenvalue weighted by molar-refractivity contribution is 5.69. The monoisotopic (exact) mass is 255 g/mol. The van der Waals surface area contributed by atoms with Crippen LogP contribution in [0.4, 0.5) is 5.69 Å². The van der Waals surface area contributed by atoms with Gasteiger partial charge in [-0.25, -0.2) is 0 Å². The first kappa shape index (κ1) is 12.0. The lowest BCUT2D eigenvalue weighted by atomic mass is 10.1. The van der Waals surface area contributed by atoms with Gasteiger partial charge in [0, 0.05) is 43.6 Å². The topological polar surface area (TPSA) is 48.4 Å². The second kappa shape index (κ2) is 5.28. The Morgan fingerprint density at radius 2 is 1.89 bits per heavy atom. The molecule has 4 nitrogen and oxygen atoms in total. The second-order valence-corrected chi connectivity index (χ2v) is 4.65. The summed E-state index contributed by atoms with van der Waals surface area (Å²) in [6.45, 7) is 4.02. The van der Waals surface area contributed by atoms with Crippen LogP contribution in [0, 0.1) is 0 Å². The second-order valence-electron chi connectivity index (χ2n) is 4.65. The fraction of sp³-hybridized carbons (Fsp3) is 0.267. The van der Waals surface area contributed by atoms with Crippen LogP contribution in [0.25, 0.3) is 11.3 Å². The van der Waals surface area contributed by atoms with Gasteiger partial charge in [-0.2, -0.15) is 0 Å². The average Bonchev–Trinajstić information content (AvgIpc) is 2.49. The molecule has 2 heterocycles.